The van der Waals surface area contributed by atoms with Crippen molar-refractivity contribution in [1.29, 1.82) is 0 Å². The predicted molar refractivity (Wildman–Crippen MR) is 107 cm³/mol. The van der Waals surface area contributed by atoms with Gasteiger partial charge >= 0.3 is 0 Å². The summed E-state index contributed by atoms with van der Waals surface area (Å²) in [4.78, 5) is 19.4. The predicted octanol–water partition coefficient (Wildman–Crippen LogP) is 5.19. The van der Waals surface area contributed by atoms with Crippen molar-refractivity contribution in [2.24, 2.45) is 0 Å². The van der Waals surface area contributed by atoms with Gasteiger partial charge in [-0.25, -0.2) is 0 Å². The molecule has 0 spiro atoms. The summed E-state index contributed by atoms with van der Waals surface area (Å²) < 4.78 is 0. The number of aromatic amines is 1. The minimum absolute atomic E-state index is 0.216. The number of ketones is 1. The van der Waals surface area contributed by atoms with Gasteiger partial charge in [0.25, 0.3) is 0 Å². The second-order valence-electron chi connectivity index (χ2n) is 7.42. The first-order valence-corrected chi connectivity index (χ1v) is 9.57. The van der Waals surface area contributed by atoms with Crippen molar-refractivity contribution in [2.75, 3.05) is 13.1 Å². The fourth-order valence-electron chi connectivity index (χ4n) is 4.29. The summed E-state index contributed by atoms with van der Waals surface area (Å²) in [5, 5.41) is 1.20. The first-order chi connectivity index (χ1) is 12.7. The molecule has 1 N–H and O–H groups in total. The van der Waals surface area contributed by atoms with Crippen molar-refractivity contribution in [1.82, 2.24) is 9.88 Å². The number of rotatable bonds is 4. The van der Waals surface area contributed by atoms with Crippen LogP contribution in [0.3, 0.4) is 0 Å². The summed E-state index contributed by atoms with van der Waals surface area (Å²) in [7, 11) is 0. The van der Waals surface area contributed by atoms with Crippen LogP contribution in [0.2, 0.25) is 0 Å². The molecule has 2 heterocycles. The van der Waals surface area contributed by atoms with E-state index in [0.717, 1.165) is 35.3 Å². The molecule has 2 aromatic carbocycles. The van der Waals surface area contributed by atoms with Crippen LogP contribution in [0.1, 0.15) is 52.4 Å². The van der Waals surface area contributed by atoms with Crippen LogP contribution in [0.4, 0.5) is 0 Å². The molecule has 1 aliphatic rings. The number of hydrogen-bond donors (Lipinski definition) is 1. The van der Waals surface area contributed by atoms with Crippen molar-refractivity contribution < 1.29 is 4.79 Å². The first kappa shape index (κ1) is 17.0. The molecular weight excluding hydrogens is 320 g/mol. The second kappa shape index (κ2) is 7.08. The van der Waals surface area contributed by atoms with Gasteiger partial charge in [-0.15, -0.1) is 0 Å². The molecule has 3 nitrogen and oxygen atoms in total. The quantitative estimate of drug-likeness (QED) is 0.660. The number of likely N-dealkylation sites (tertiary alicyclic amines) is 1. The number of carbonyl (C=O) groups is 1. The largest absolute Gasteiger partial charge is 0.361 e. The summed E-state index contributed by atoms with van der Waals surface area (Å²) in [5.41, 5.74) is 5.34. The van der Waals surface area contributed by atoms with Gasteiger partial charge in [0.1, 0.15) is 6.04 Å². The van der Waals surface area contributed by atoms with Crippen molar-refractivity contribution >= 4 is 16.7 Å². The Kier molecular flexibility index (Phi) is 4.64. The highest BCUT2D eigenvalue weighted by Crippen LogP contribution is 2.35. The van der Waals surface area contributed by atoms with E-state index in [4.69, 9.17) is 0 Å². The van der Waals surface area contributed by atoms with Crippen molar-refractivity contribution in [3.63, 3.8) is 0 Å². The summed E-state index contributed by atoms with van der Waals surface area (Å²) >= 11 is 0. The minimum atomic E-state index is -0.216. The van der Waals surface area contributed by atoms with Crippen LogP contribution in [0, 0.1) is 13.8 Å². The molecule has 3 aromatic rings. The summed E-state index contributed by atoms with van der Waals surface area (Å²) in [6.45, 7) is 6.13. The topological polar surface area (TPSA) is 36.1 Å². The normalized spacial score (nSPS) is 16.7. The van der Waals surface area contributed by atoms with Gasteiger partial charge < -0.3 is 4.98 Å². The molecule has 1 fully saturated rings. The van der Waals surface area contributed by atoms with Crippen LogP contribution in [-0.2, 0) is 0 Å². The van der Waals surface area contributed by atoms with E-state index >= 15 is 0 Å². The number of nitrogens with zero attached hydrogens (tertiary/aromatic N) is 1. The van der Waals surface area contributed by atoms with Crippen molar-refractivity contribution in [3.05, 3.63) is 70.9 Å². The maximum Gasteiger partial charge on any atom is 0.184 e. The lowest BCUT2D eigenvalue weighted by Gasteiger charge is -2.34. The zero-order valence-corrected chi connectivity index (χ0v) is 15.6. The highest BCUT2D eigenvalue weighted by atomic mass is 16.1. The lowest BCUT2D eigenvalue weighted by molar-refractivity contribution is 0.0784. The van der Waals surface area contributed by atoms with E-state index in [1.54, 1.807) is 0 Å². The van der Waals surface area contributed by atoms with Gasteiger partial charge in [0.2, 0.25) is 0 Å². The van der Waals surface area contributed by atoms with Gasteiger partial charge in [-0.2, -0.15) is 0 Å². The Morgan fingerprint density at radius 2 is 1.69 bits per heavy atom. The van der Waals surface area contributed by atoms with Crippen LogP contribution in [0.15, 0.2) is 48.7 Å². The Hall–Kier alpha value is -2.39. The zero-order chi connectivity index (χ0) is 18.1. The van der Waals surface area contributed by atoms with Gasteiger partial charge in [-0.3, -0.25) is 9.69 Å². The average molecular weight is 346 g/mol. The van der Waals surface area contributed by atoms with Crippen LogP contribution in [0.5, 0.6) is 0 Å². The molecule has 1 aromatic heterocycles. The van der Waals surface area contributed by atoms with Crippen molar-refractivity contribution in [3.8, 4) is 0 Å². The van der Waals surface area contributed by atoms with Crippen molar-refractivity contribution in [2.45, 2.75) is 39.2 Å². The fraction of sp³-hybridized carbons (Fsp3) is 0.348. The van der Waals surface area contributed by atoms with Gasteiger partial charge in [-0.1, -0.05) is 42.8 Å². The smallest absolute Gasteiger partial charge is 0.184 e. The second-order valence-corrected chi connectivity index (χ2v) is 7.42. The van der Waals surface area contributed by atoms with E-state index in [1.807, 2.05) is 37.4 Å². The number of aryl methyl sites for hydroxylation is 2. The molecular formula is C23H26N2O. The number of fused-ring (bicyclic) bond motifs is 1. The molecule has 26 heavy (non-hydrogen) atoms. The molecule has 4 rings (SSSR count). The molecule has 0 radical (unpaired) electrons. The molecule has 0 aliphatic carbocycles. The Bertz CT molecular complexity index is 934. The third kappa shape index (κ3) is 2.97. The van der Waals surface area contributed by atoms with E-state index in [1.165, 1.54) is 30.2 Å². The lowest BCUT2D eigenvalue weighted by atomic mass is 9.91. The maximum absolute atomic E-state index is 13.7. The van der Waals surface area contributed by atoms with Gasteiger partial charge in [-0.05, 0) is 57.0 Å². The van der Waals surface area contributed by atoms with Crippen LogP contribution >= 0.6 is 0 Å². The Morgan fingerprint density at radius 3 is 2.46 bits per heavy atom. The molecule has 3 heteroatoms. The summed E-state index contributed by atoms with van der Waals surface area (Å²) in [6.07, 6.45) is 5.64. The number of nitrogens with one attached hydrogen (secondary N) is 1. The molecule has 1 saturated heterocycles. The van der Waals surface area contributed by atoms with Gasteiger partial charge in [0, 0.05) is 28.2 Å². The SMILES string of the molecule is Cc1ccccc1C(=O)C(c1c[nH]c2cccc(C)c12)N1CCCCC1. The highest BCUT2D eigenvalue weighted by Gasteiger charge is 2.32. The molecule has 0 bridgehead atoms. The van der Waals surface area contributed by atoms with Crippen LogP contribution in [-0.4, -0.2) is 28.8 Å². The summed E-state index contributed by atoms with van der Waals surface area (Å²) in [6, 6.07) is 14.0. The third-order valence-corrected chi connectivity index (χ3v) is 5.65. The average Bonchev–Trinajstić information content (AvgIpc) is 3.08. The van der Waals surface area contributed by atoms with Gasteiger partial charge in [0.15, 0.2) is 5.78 Å². The van der Waals surface area contributed by atoms with Crippen LogP contribution in [0.25, 0.3) is 10.9 Å². The number of aromatic nitrogens is 1. The molecule has 1 atom stereocenters. The molecule has 0 amide bonds. The van der Waals surface area contributed by atoms with E-state index in [9.17, 15) is 4.79 Å². The monoisotopic (exact) mass is 346 g/mol. The zero-order valence-electron chi connectivity index (χ0n) is 15.6. The first-order valence-electron chi connectivity index (χ1n) is 9.57. The molecule has 1 aliphatic heterocycles. The van der Waals surface area contributed by atoms with E-state index in [2.05, 4.69) is 35.0 Å². The van der Waals surface area contributed by atoms with E-state index in [-0.39, 0.29) is 11.8 Å². The number of benzene rings is 2. The fourth-order valence-corrected chi connectivity index (χ4v) is 4.29. The Labute approximate surface area is 155 Å². The summed E-state index contributed by atoms with van der Waals surface area (Å²) in [5.74, 6) is 0.217. The third-order valence-electron chi connectivity index (χ3n) is 5.65. The lowest BCUT2D eigenvalue weighted by Crippen LogP contribution is -2.38. The standard InChI is InChI=1S/C23H26N2O/c1-16-9-4-5-11-18(16)23(26)22(25-13-6-3-7-14-25)19-15-24-20-12-8-10-17(2)21(19)20/h4-5,8-12,15,22,24H,3,6-7,13-14H2,1-2H3. The maximum atomic E-state index is 13.7. The Balaban J connectivity index is 1.85. The minimum Gasteiger partial charge on any atom is -0.361 e. The molecule has 134 valence electrons. The number of piperidine rings is 1. The van der Waals surface area contributed by atoms with E-state index in [0.29, 0.717) is 0 Å². The number of Topliss-reactive ketones (excluding diaryl/α,β-unsaturated/α-hetero) is 1. The van der Waals surface area contributed by atoms with E-state index < -0.39 is 0 Å². The molecule has 1 unspecified atom stereocenters. The Morgan fingerprint density at radius 1 is 0.962 bits per heavy atom. The number of H-pyrrole nitrogens is 1. The molecule has 0 saturated carbocycles. The van der Waals surface area contributed by atoms with Crippen LogP contribution < -0.4 is 0 Å². The number of hydrogen-bond acceptors (Lipinski definition) is 2. The van der Waals surface area contributed by atoms with Gasteiger partial charge in [0.05, 0.1) is 0 Å². The number of carbonyl (C=O) groups excluding carboxylic acids is 1. The highest BCUT2D eigenvalue weighted by molar-refractivity contribution is 6.04.